The molecule has 0 radical (unpaired) electrons. The van der Waals surface area contributed by atoms with Crippen LogP contribution >= 0.6 is 0 Å². The van der Waals surface area contributed by atoms with E-state index in [1.165, 1.54) is 25.7 Å². The highest BCUT2D eigenvalue weighted by Gasteiger charge is 2.26. The Morgan fingerprint density at radius 3 is 2.42 bits per heavy atom. The lowest BCUT2D eigenvalue weighted by Crippen LogP contribution is -2.38. The molecule has 1 atom stereocenters. The smallest absolute Gasteiger partial charge is 0.266 e. The number of hydrogen-bond acceptors (Lipinski definition) is 4. The first-order chi connectivity index (χ1) is 17.5. The van der Waals surface area contributed by atoms with Crippen LogP contribution in [0.25, 0.3) is 16.6 Å². The lowest BCUT2D eigenvalue weighted by molar-refractivity contribution is -0.134. The van der Waals surface area contributed by atoms with Gasteiger partial charge in [0, 0.05) is 26.7 Å². The van der Waals surface area contributed by atoms with Crippen molar-refractivity contribution in [2.24, 2.45) is 0 Å². The van der Waals surface area contributed by atoms with E-state index in [9.17, 15) is 9.59 Å². The lowest BCUT2D eigenvalue weighted by Gasteiger charge is -2.31. The maximum absolute atomic E-state index is 13.7. The summed E-state index contributed by atoms with van der Waals surface area (Å²) in [5, 5.41) is 0.568. The molecule has 6 heteroatoms. The second-order valence-corrected chi connectivity index (χ2v) is 9.59. The van der Waals surface area contributed by atoms with Crippen LogP contribution in [0, 0.1) is 6.92 Å². The zero-order valence-electron chi connectivity index (χ0n) is 22.3. The average Bonchev–Trinajstić information content (AvgIpc) is 2.89. The molecule has 6 nitrogen and oxygen atoms in total. The summed E-state index contributed by atoms with van der Waals surface area (Å²) >= 11 is 0. The van der Waals surface area contributed by atoms with Gasteiger partial charge in [-0.25, -0.2) is 4.98 Å². The predicted molar refractivity (Wildman–Crippen MR) is 147 cm³/mol. The van der Waals surface area contributed by atoms with Crippen molar-refractivity contribution in [2.75, 3.05) is 20.3 Å². The van der Waals surface area contributed by atoms with Crippen molar-refractivity contribution in [3.05, 3.63) is 70.3 Å². The number of hydrogen-bond donors (Lipinski definition) is 0. The third kappa shape index (κ3) is 7.03. The van der Waals surface area contributed by atoms with Gasteiger partial charge in [-0.1, -0.05) is 68.9 Å². The molecule has 1 unspecified atom stereocenters. The fraction of sp³-hybridized carbons (Fsp3) is 0.500. The number of rotatable bonds is 14. The normalized spacial score (nSPS) is 12.1. The maximum atomic E-state index is 13.7. The van der Waals surface area contributed by atoms with Crippen LogP contribution in [0.1, 0.15) is 82.6 Å². The third-order valence-electron chi connectivity index (χ3n) is 6.75. The Kier molecular flexibility index (Phi) is 10.7. The Bertz CT molecular complexity index is 1170. The molecule has 0 aliphatic heterocycles. The standard InChI is InChI=1S/C30H41N3O3/c1-5-6-7-8-9-10-16-28(34)32(21-13-22-36-4)24(3)29-31-27-15-12-11-14-26(27)30(35)33(29)25-19-17-23(2)18-20-25/h11-12,14-15,17-20,24H,5-10,13,16,21-22H2,1-4H3. The number of fused-ring (bicyclic) bond motifs is 1. The molecule has 0 bridgehead atoms. The van der Waals surface area contributed by atoms with Crippen LogP contribution in [0.3, 0.4) is 0 Å². The summed E-state index contributed by atoms with van der Waals surface area (Å²) in [6, 6.07) is 14.9. The predicted octanol–water partition coefficient (Wildman–Crippen LogP) is 6.37. The number of benzene rings is 2. The quantitative estimate of drug-likeness (QED) is 0.246. The van der Waals surface area contributed by atoms with Gasteiger partial charge >= 0.3 is 0 Å². The number of unbranched alkanes of at least 4 members (excludes halogenated alkanes) is 5. The van der Waals surface area contributed by atoms with Crippen molar-refractivity contribution in [3.63, 3.8) is 0 Å². The summed E-state index contributed by atoms with van der Waals surface area (Å²) in [5.74, 6) is 0.684. The zero-order chi connectivity index (χ0) is 25.9. The molecule has 1 aromatic heterocycles. The SMILES string of the molecule is CCCCCCCCC(=O)N(CCCOC)C(C)c1nc2ccccc2c(=O)n1-c1ccc(C)cc1. The number of para-hydroxylation sites is 1. The summed E-state index contributed by atoms with van der Waals surface area (Å²) in [4.78, 5) is 34.0. The molecule has 36 heavy (non-hydrogen) atoms. The Labute approximate surface area is 215 Å². The van der Waals surface area contributed by atoms with Crippen molar-refractivity contribution in [3.8, 4) is 5.69 Å². The number of methoxy groups -OCH3 is 1. The topological polar surface area (TPSA) is 64.4 Å². The zero-order valence-corrected chi connectivity index (χ0v) is 22.3. The summed E-state index contributed by atoms with van der Waals surface area (Å²) in [6.07, 6.45) is 8.03. The van der Waals surface area contributed by atoms with E-state index in [0.29, 0.717) is 36.3 Å². The van der Waals surface area contributed by atoms with Gasteiger partial charge in [0.05, 0.1) is 22.6 Å². The number of aryl methyl sites for hydroxylation is 1. The molecular weight excluding hydrogens is 450 g/mol. The van der Waals surface area contributed by atoms with Gasteiger partial charge in [0.15, 0.2) is 0 Å². The minimum Gasteiger partial charge on any atom is -0.385 e. The fourth-order valence-electron chi connectivity index (χ4n) is 4.63. The number of amides is 1. The van der Waals surface area contributed by atoms with Crippen LogP contribution in [-0.4, -0.2) is 40.6 Å². The van der Waals surface area contributed by atoms with E-state index in [1.54, 1.807) is 11.7 Å². The van der Waals surface area contributed by atoms with Crippen LogP contribution in [0.2, 0.25) is 0 Å². The average molecular weight is 492 g/mol. The van der Waals surface area contributed by atoms with Crippen LogP contribution in [0.4, 0.5) is 0 Å². The van der Waals surface area contributed by atoms with Crippen LogP contribution < -0.4 is 5.56 Å². The molecular formula is C30H41N3O3. The molecule has 1 amide bonds. The van der Waals surface area contributed by atoms with E-state index >= 15 is 0 Å². The molecule has 3 aromatic rings. The fourth-order valence-corrected chi connectivity index (χ4v) is 4.63. The van der Waals surface area contributed by atoms with Crippen LogP contribution in [0.15, 0.2) is 53.3 Å². The van der Waals surface area contributed by atoms with Gasteiger partial charge in [-0.2, -0.15) is 0 Å². The van der Waals surface area contributed by atoms with E-state index in [-0.39, 0.29) is 17.5 Å². The minimum atomic E-state index is -0.368. The highest BCUT2D eigenvalue weighted by atomic mass is 16.5. The molecule has 0 spiro atoms. The highest BCUT2D eigenvalue weighted by Crippen LogP contribution is 2.24. The van der Waals surface area contributed by atoms with Gasteiger partial charge in [0.2, 0.25) is 5.91 Å². The molecule has 0 saturated carbocycles. The Balaban J connectivity index is 1.96. The van der Waals surface area contributed by atoms with Crippen molar-refractivity contribution < 1.29 is 9.53 Å². The molecule has 0 N–H and O–H groups in total. The number of nitrogens with zero attached hydrogens (tertiary/aromatic N) is 3. The molecule has 0 aliphatic carbocycles. The van der Waals surface area contributed by atoms with Gasteiger partial charge in [-0.3, -0.25) is 14.2 Å². The largest absolute Gasteiger partial charge is 0.385 e. The van der Waals surface area contributed by atoms with Crippen molar-refractivity contribution >= 4 is 16.8 Å². The van der Waals surface area contributed by atoms with E-state index < -0.39 is 0 Å². The molecule has 2 aromatic carbocycles. The highest BCUT2D eigenvalue weighted by molar-refractivity contribution is 5.79. The number of ether oxygens (including phenoxy) is 1. The third-order valence-corrected chi connectivity index (χ3v) is 6.75. The van der Waals surface area contributed by atoms with Crippen molar-refractivity contribution in [2.45, 2.75) is 78.2 Å². The van der Waals surface area contributed by atoms with Crippen LogP contribution in [0.5, 0.6) is 0 Å². The molecule has 194 valence electrons. The number of carbonyl (C=O) groups is 1. The van der Waals surface area contributed by atoms with E-state index in [0.717, 1.165) is 30.5 Å². The lowest BCUT2D eigenvalue weighted by atomic mass is 10.1. The second-order valence-electron chi connectivity index (χ2n) is 9.59. The van der Waals surface area contributed by atoms with E-state index in [1.807, 2.05) is 67.3 Å². The molecule has 1 heterocycles. The summed E-state index contributed by atoms with van der Waals surface area (Å²) in [5.41, 5.74) is 2.40. The number of carbonyl (C=O) groups excluding carboxylic acids is 1. The van der Waals surface area contributed by atoms with Crippen molar-refractivity contribution in [1.82, 2.24) is 14.5 Å². The summed E-state index contributed by atoms with van der Waals surface area (Å²) in [7, 11) is 1.67. The van der Waals surface area contributed by atoms with Gasteiger partial charge in [-0.05, 0) is 51.0 Å². The Morgan fingerprint density at radius 2 is 1.69 bits per heavy atom. The first kappa shape index (κ1) is 27.6. The first-order valence-electron chi connectivity index (χ1n) is 13.3. The first-order valence-corrected chi connectivity index (χ1v) is 13.3. The van der Waals surface area contributed by atoms with Gasteiger partial charge < -0.3 is 9.64 Å². The minimum absolute atomic E-state index is 0.104. The molecule has 0 fully saturated rings. The van der Waals surface area contributed by atoms with Gasteiger partial charge in [0.25, 0.3) is 5.56 Å². The molecule has 0 aliphatic rings. The van der Waals surface area contributed by atoms with Crippen LogP contribution in [-0.2, 0) is 9.53 Å². The summed E-state index contributed by atoms with van der Waals surface area (Å²) < 4.78 is 6.94. The maximum Gasteiger partial charge on any atom is 0.266 e. The Hall–Kier alpha value is -2.99. The molecule has 3 rings (SSSR count). The van der Waals surface area contributed by atoms with Gasteiger partial charge in [0.1, 0.15) is 5.82 Å². The molecule has 0 saturated heterocycles. The summed E-state index contributed by atoms with van der Waals surface area (Å²) in [6.45, 7) is 7.34. The van der Waals surface area contributed by atoms with Gasteiger partial charge in [-0.15, -0.1) is 0 Å². The number of aromatic nitrogens is 2. The monoisotopic (exact) mass is 491 g/mol. The Morgan fingerprint density at radius 1 is 1.00 bits per heavy atom. The van der Waals surface area contributed by atoms with E-state index in [4.69, 9.17) is 9.72 Å². The van der Waals surface area contributed by atoms with Crippen molar-refractivity contribution in [1.29, 1.82) is 0 Å². The second kappa shape index (κ2) is 13.9. The van der Waals surface area contributed by atoms with E-state index in [2.05, 4.69) is 6.92 Å².